The van der Waals surface area contributed by atoms with Crippen molar-refractivity contribution in [2.75, 3.05) is 6.54 Å². The number of nitrogens with zero attached hydrogens (tertiary/aromatic N) is 1. The van der Waals surface area contributed by atoms with E-state index in [0.29, 0.717) is 31.4 Å². The van der Waals surface area contributed by atoms with Gasteiger partial charge >= 0.3 is 6.18 Å². The van der Waals surface area contributed by atoms with Crippen LogP contribution in [0.3, 0.4) is 0 Å². The Labute approximate surface area is 159 Å². The molecule has 0 spiro atoms. The number of carbonyl (C=O) groups is 1. The smallest absolute Gasteiger partial charge is 0.341 e. The molecule has 1 aliphatic carbocycles. The Morgan fingerprint density at radius 2 is 2.08 bits per heavy atom. The molecule has 0 radical (unpaired) electrons. The van der Waals surface area contributed by atoms with Crippen molar-refractivity contribution in [1.29, 1.82) is 0 Å². The van der Waals surface area contributed by atoms with Crippen molar-refractivity contribution in [2.24, 2.45) is 5.73 Å². The zero-order valence-electron chi connectivity index (χ0n) is 13.8. The summed E-state index contributed by atoms with van der Waals surface area (Å²) in [6.07, 6.45) is -1.74. The number of alkyl halides is 3. The maximum absolute atomic E-state index is 13.0. The molecule has 1 heterocycles. The number of nitrogens with one attached hydrogen (secondary N) is 1. The van der Waals surface area contributed by atoms with Gasteiger partial charge in [-0.2, -0.15) is 13.2 Å². The minimum Gasteiger partial charge on any atom is -0.341 e. The lowest BCUT2D eigenvalue weighted by atomic mass is 9.71. The van der Waals surface area contributed by atoms with E-state index in [-0.39, 0.29) is 24.0 Å². The van der Waals surface area contributed by atoms with E-state index in [1.807, 2.05) is 0 Å². The lowest BCUT2D eigenvalue weighted by Crippen LogP contribution is -2.51. The summed E-state index contributed by atoms with van der Waals surface area (Å²) >= 11 is 1.35. The highest BCUT2D eigenvalue weighted by Gasteiger charge is 2.42. The molecule has 1 aliphatic rings. The summed E-state index contributed by atoms with van der Waals surface area (Å²) in [7, 11) is 0. The van der Waals surface area contributed by atoms with Crippen molar-refractivity contribution in [3.8, 4) is 0 Å². The first-order valence-electron chi connectivity index (χ1n) is 7.99. The third-order valence-corrected chi connectivity index (χ3v) is 5.35. The molecule has 0 atom stereocenters. The minimum atomic E-state index is -4.41. The van der Waals surface area contributed by atoms with E-state index in [1.165, 1.54) is 17.4 Å². The highest BCUT2D eigenvalue weighted by molar-refractivity contribution is 7.09. The van der Waals surface area contributed by atoms with Gasteiger partial charge in [-0.15, -0.1) is 23.7 Å². The Balaban J connectivity index is 0.00000243. The second-order valence-electron chi connectivity index (χ2n) is 6.13. The van der Waals surface area contributed by atoms with Gasteiger partial charge in [-0.05, 0) is 43.5 Å². The van der Waals surface area contributed by atoms with Crippen LogP contribution in [0.5, 0.6) is 0 Å². The third-order valence-electron chi connectivity index (χ3n) is 4.44. The number of nitrogens with two attached hydrogens (primary N) is 1. The van der Waals surface area contributed by atoms with Crippen LogP contribution in [0.15, 0.2) is 29.6 Å². The fourth-order valence-electron chi connectivity index (χ4n) is 2.94. The standard InChI is InChI=1S/C17H18F3N3OS.ClH/c18-17(19,20)12-4-1-3-11(9-12)16(6-2-7-16)23-15(24)13-10-25-14(22-13)5-8-21;/h1,3-4,9-10H,2,5-8,21H2,(H,23,24);1H. The van der Waals surface area contributed by atoms with Gasteiger partial charge in [0.25, 0.3) is 5.91 Å². The number of carbonyl (C=O) groups excluding carboxylic acids is 1. The number of aromatic nitrogens is 1. The maximum atomic E-state index is 13.0. The predicted octanol–water partition coefficient (Wildman–Crippen LogP) is 3.89. The van der Waals surface area contributed by atoms with Crippen LogP contribution in [0.25, 0.3) is 0 Å². The summed E-state index contributed by atoms with van der Waals surface area (Å²) < 4.78 is 38.9. The van der Waals surface area contributed by atoms with E-state index in [1.54, 1.807) is 11.4 Å². The average molecular weight is 406 g/mol. The van der Waals surface area contributed by atoms with Crippen molar-refractivity contribution >= 4 is 29.7 Å². The number of halogens is 4. The highest BCUT2D eigenvalue weighted by atomic mass is 35.5. The summed E-state index contributed by atoms with van der Waals surface area (Å²) in [5.74, 6) is -0.364. The Morgan fingerprint density at radius 1 is 1.35 bits per heavy atom. The van der Waals surface area contributed by atoms with Crippen LogP contribution in [-0.2, 0) is 18.1 Å². The number of benzene rings is 1. The van der Waals surface area contributed by atoms with Gasteiger partial charge in [0.1, 0.15) is 5.69 Å². The van der Waals surface area contributed by atoms with E-state index < -0.39 is 17.3 Å². The average Bonchev–Trinajstić information content (AvgIpc) is 2.99. The Bertz CT molecular complexity index is 775. The van der Waals surface area contributed by atoms with Gasteiger partial charge in [-0.3, -0.25) is 4.79 Å². The molecule has 3 N–H and O–H groups in total. The molecular formula is C17H19ClF3N3OS. The molecule has 2 aromatic rings. The van der Waals surface area contributed by atoms with Crippen LogP contribution >= 0.6 is 23.7 Å². The molecule has 142 valence electrons. The van der Waals surface area contributed by atoms with Crippen LogP contribution in [-0.4, -0.2) is 17.4 Å². The van der Waals surface area contributed by atoms with Gasteiger partial charge < -0.3 is 11.1 Å². The summed E-state index contributed by atoms with van der Waals surface area (Å²) in [6, 6.07) is 5.18. The van der Waals surface area contributed by atoms with Gasteiger partial charge in [-0.25, -0.2) is 4.98 Å². The SMILES string of the molecule is Cl.NCCc1nc(C(=O)NC2(c3cccc(C(F)(F)F)c3)CCC2)cs1. The van der Waals surface area contributed by atoms with Gasteiger partial charge in [0.05, 0.1) is 16.1 Å². The van der Waals surface area contributed by atoms with Crippen LogP contribution in [0.2, 0.25) is 0 Å². The normalized spacial score (nSPS) is 15.7. The van der Waals surface area contributed by atoms with E-state index in [4.69, 9.17) is 5.73 Å². The topological polar surface area (TPSA) is 68.0 Å². The maximum Gasteiger partial charge on any atom is 0.416 e. The first-order chi connectivity index (χ1) is 11.8. The zero-order valence-corrected chi connectivity index (χ0v) is 15.4. The molecule has 0 bridgehead atoms. The van der Waals surface area contributed by atoms with Crippen molar-refractivity contribution in [1.82, 2.24) is 10.3 Å². The van der Waals surface area contributed by atoms with Gasteiger partial charge in [0.15, 0.2) is 0 Å². The number of amides is 1. The second-order valence-corrected chi connectivity index (χ2v) is 7.08. The van der Waals surface area contributed by atoms with E-state index >= 15 is 0 Å². The summed E-state index contributed by atoms with van der Waals surface area (Å²) in [5, 5.41) is 5.33. The van der Waals surface area contributed by atoms with Gasteiger partial charge in [0, 0.05) is 11.8 Å². The predicted molar refractivity (Wildman–Crippen MR) is 96.6 cm³/mol. The quantitative estimate of drug-likeness (QED) is 0.792. The van der Waals surface area contributed by atoms with E-state index in [9.17, 15) is 18.0 Å². The number of rotatable bonds is 5. The molecule has 1 amide bonds. The van der Waals surface area contributed by atoms with E-state index in [0.717, 1.165) is 23.6 Å². The first-order valence-corrected chi connectivity index (χ1v) is 8.87. The molecule has 1 aromatic carbocycles. The molecule has 9 heteroatoms. The molecule has 0 saturated heterocycles. The molecule has 1 saturated carbocycles. The largest absolute Gasteiger partial charge is 0.416 e. The molecular weight excluding hydrogens is 387 g/mol. The number of hydrogen-bond acceptors (Lipinski definition) is 4. The molecule has 1 fully saturated rings. The Morgan fingerprint density at radius 3 is 2.65 bits per heavy atom. The van der Waals surface area contributed by atoms with Gasteiger partial charge in [-0.1, -0.05) is 12.1 Å². The molecule has 26 heavy (non-hydrogen) atoms. The summed E-state index contributed by atoms with van der Waals surface area (Å²) in [4.78, 5) is 16.7. The fourth-order valence-corrected chi connectivity index (χ4v) is 3.74. The monoisotopic (exact) mass is 405 g/mol. The van der Waals surface area contributed by atoms with E-state index in [2.05, 4.69) is 10.3 Å². The number of thiazole rings is 1. The lowest BCUT2D eigenvalue weighted by Gasteiger charge is -2.43. The Hall–Kier alpha value is -1.64. The number of hydrogen-bond donors (Lipinski definition) is 2. The Kier molecular flexibility index (Phi) is 6.31. The highest BCUT2D eigenvalue weighted by Crippen LogP contribution is 2.43. The first kappa shape index (κ1) is 20.7. The van der Waals surface area contributed by atoms with Crippen LogP contribution in [0.4, 0.5) is 13.2 Å². The second kappa shape index (κ2) is 7.94. The molecule has 0 unspecified atom stereocenters. The van der Waals surface area contributed by atoms with Crippen LogP contribution < -0.4 is 11.1 Å². The third kappa shape index (κ3) is 4.19. The zero-order chi connectivity index (χ0) is 18.1. The molecule has 3 rings (SSSR count). The van der Waals surface area contributed by atoms with Crippen molar-refractivity contribution in [2.45, 2.75) is 37.4 Å². The van der Waals surface area contributed by atoms with Crippen LogP contribution in [0, 0.1) is 0 Å². The lowest BCUT2D eigenvalue weighted by molar-refractivity contribution is -0.137. The fraction of sp³-hybridized carbons (Fsp3) is 0.412. The minimum absolute atomic E-state index is 0. The molecule has 0 aliphatic heterocycles. The summed E-state index contributed by atoms with van der Waals surface area (Å²) in [5.41, 5.74) is 4.79. The van der Waals surface area contributed by atoms with Crippen molar-refractivity contribution in [3.63, 3.8) is 0 Å². The van der Waals surface area contributed by atoms with Crippen molar-refractivity contribution < 1.29 is 18.0 Å². The molecule has 1 aromatic heterocycles. The van der Waals surface area contributed by atoms with Gasteiger partial charge in [0.2, 0.25) is 0 Å². The van der Waals surface area contributed by atoms with Crippen molar-refractivity contribution in [3.05, 3.63) is 51.5 Å². The molecule has 4 nitrogen and oxygen atoms in total. The summed E-state index contributed by atoms with van der Waals surface area (Å²) in [6.45, 7) is 0.447. The van der Waals surface area contributed by atoms with Crippen LogP contribution in [0.1, 0.15) is 45.9 Å².